The lowest BCUT2D eigenvalue weighted by Crippen LogP contribution is -2.14. The van der Waals surface area contributed by atoms with Crippen LogP contribution >= 0.6 is 15.9 Å². The molecular weight excluding hydrogens is 330 g/mol. The van der Waals surface area contributed by atoms with Crippen molar-refractivity contribution in [2.24, 2.45) is 7.05 Å². The van der Waals surface area contributed by atoms with Crippen LogP contribution in [0.4, 0.5) is 0 Å². The van der Waals surface area contributed by atoms with Gasteiger partial charge in [-0.2, -0.15) is 5.10 Å². The highest BCUT2D eigenvalue weighted by atomic mass is 79.9. The van der Waals surface area contributed by atoms with E-state index >= 15 is 0 Å². The summed E-state index contributed by atoms with van der Waals surface area (Å²) in [5, 5.41) is 7.88. The molecule has 2 aromatic rings. The Morgan fingerprint density at radius 2 is 2.10 bits per heavy atom. The van der Waals surface area contributed by atoms with Gasteiger partial charge in [0.1, 0.15) is 5.75 Å². The monoisotopic (exact) mass is 351 g/mol. The predicted molar refractivity (Wildman–Crippen MR) is 88.9 cm³/mol. The molecule has 5 heteroatoms. The summed E-state index contributed by atoms with van der Waals surface area (Å²) in [4.78, 5) is 0. The second-order valence-corrected chi connectivity index (χ2v) is 6.06. The van der Waals surface area contributed by atoms with Crippen LogP contribution in [0.15, 0.2) is 22.7 Å². The summed E-state index contributed by atoms with van der Waals surface area (Å²) in [6.07, 6.45) is 1.11. The van der Waals surface area contributed by atoms with Crippen LogP contribution in [-0.2, 0) is 13.6 Å². The van der Waals surface area contributed by atoms with Crippen LogP contribution in [-0.4, -0.2) is 16.3 Å². The van der Waals surface area contributed by atoms with Gasteiger partial charge in [-0.3, -0.25) is 0 Å². The Morgan fingerprint density at radius 3 is 2.76 bits per heavy atom. The molecule has 4 nitrogen and oxygen atoms in total. The van der Waals surface area contributed by atoms with E-state index in [2.05, 4.69) is 40.2 Å². The standard InChI is InChI=1S/C16H22BrN3O/c1-5-8-18-10-13-12(3)19-20(4)16(13)21-15-7-6-11(2)9-14(15)17/h6-7,9,18H,5,8,10H2,1-4H3. The lowest BCUT2D eigenvalue weighted by Gasteiger charge is -2.11. The predicted octanol–water partition coefficient (Wildman–Crippen LogP) is 4.09. The maximum absolute atomic E-state index is 6.09. The molecule has 0 amide bonds. The molecule has 1 aromatic carbocycles. The molecule has 1 aromatic heterocycles. The molecule has 1 heterocycles. The quantitative estimate of drug-likeness (QED) is 0.796. The van der Waals surface area contributed by atoms with Crippen molar-refractivity contribution in [3.63, 3.8) is 0 Å². The fourth-order valence-electron chi connectivity index (χ4n) is 2.19. The number of ether oxygens (including phenoxy) is 1. The van der Waals surface area contributed by atoms with E-state index in [-0.39, 0.29) is 0 Å². The summed E-state index contributed by atoms with van der Waals surface area (Å²) in [5.41, 5.74) is 3.30. The summed E-state index contributed by atoms with van der Waals surface area (Å²) < 4.78 is 8.84. The third kappa shape index (κ3) is 3.86. The van der Waals surface area contributed by atoms with Gasteiger partial charge in [0.2, 0.25) is 5.88 Å². The van der Waals surface area contributed by atoms with Crippen molar-refractivity contribution in [2.75, 3.05) is 6.54 Å². The van der Waals surface area contributed by atoms with Crippen molar-refractivity contribution >= 4 is 15.9 Å². The van der Waals surface area contributed by atoms with Crippen LogP contribution in [0, 0.1) is 13.8 Å². The van der Waals surface area contributed by atoms with Gasteiger partial charge in [-0.05, 0) is 60.4 Å². The van der Waals surface area contributed by atoms with Crippen LogP contribution in [0.2, 0.25) is 0 Å². The van der Waals surface area contributed by atoms with E-state index in [0.29, 0.717) is 0 Å². The Balaban J connectivity index is 2.26. The van der Waals surface area contributed by atoms with Crippen molar-refractivity contribution in [3.8, 4) is 11.6 Å². The second-order valence-electron chi connectivity index (χ2n) is 5.21. The van der Waals surface area contributed by atoms with E-state index in [1.165, 1.54) is 5.56 Å². The average Bonchev–Trinajstić information content (AvgIpc) is 2.68. The van der Waals surface area contributed by atoms with Crippen molar-refractivity contribution < 1.29 is 4.74 Å². The highest BCUT2D eigenvalue weighted by Crippen LogP contribution is 2.32. The number of rotatable bonds is 6. The first kappa shape index (κ1) is 16.0. The highest BCUT2D eigenvalue weighted by Gasteiger charge is 2.16. The van der Waals surface area contributed by atoms with E-state index in [4.69, 9.17) is 4.74 Å². The first-order chi connectivity index (χ1) is 10.0. The number of hydrogen-bond donors (Lipinski definition) is 1. The molecule has 0 unspecified atom stereocenters. The molecule has 1 N–H and O–H groups in total. The van der Waals surface area contributed by atoms with Gasteiger partial charge in [-0.1, -0.05) is 13.0 Å². The minimum Gasteiger partial charge on any atom is -0.438 e. The average molecular weight is 352 g/mol. The summed E-state index contributed by atoms with van der Waals surface area (Å²) >= 11 is 3.55. The van der Waals surface area contributed by atoms with Gasteiger partial charge in [-0.15, -0.1) is 0 Å². The smallest absolute Gasteiger partial charge is 0.222 e. The van der Waals surface area contributed by atoms with Gasteiger partial charge in [-0.25, -0.2) is 4.68 Å². The number of aryl methyl sites for hydroxylation is 3. The Hall–Kier alpha value is -1.33. The van der Waals surface area contributed by atoms with E-state index < -0.39 is 0 Å². The van der Waals surface area contributed by atoms with Crippen molar-refractivity contribution in [3.05, 3.63) is 39.5 Å². The Kier molecular flexibility index (Phi) is 5.42. The van der Waals surface area contributed by atoms with Crippen molar-refractivity contribution in [1.29, 1.82) is 0 Å². The maximum atomic E-state index is 6.09. The van der Waals surface area contributed by atoms with Gasteiger partial charge < -0.3 is 10.1 Å². The molecule has 21 heavy (non-hydrogen) atoms. The molecule has 0 fully saturated rings. The number of nitrogens with zero attached hydrogens (tertiary/aromatic N) is 2. The third-order valence-corrected chi connectivity index (χ3v) is 3.93. The van der Waals surface area contributed by atoms with Crippen LogP contribution in [0.1, 0.15) is 30.2 Å². The molecular formula is C16H22BrN3O. The zero-order valence-corrected chi connectivity index (χ0v) is 14.6. The van der Waals surface area contributed by atoms with E-state index in [1.807, 2.05) is 32.2 Å². The summed E-state index contributed by atoms with van der Waals surface area (Å²) in [7, 11) is 1.91. The lowest BCUT2D eigenvalue weighted by atomic mass is 10.2. The maximum Gasteiger partial charge on any atom is 0.222 e. The summed E-state index contributed by atoms with van der Waals surface area (Å²) in [6, 6.07) is 6.07. The SMILES string of the molecule is CCCNCc1c(C)nn(C)c1Oc1ccc(C)cc1Br. The highest BCUT2D eigenvalue weighted by molar-refractivity contribution is 9.10. The molecule has 0 saturated heterocycles. The van der Waals surface area contributed by atoms with E-state index in [9.17, 15) is 0 Å². The van der Waals surface area contributed by atoms with Crippen LogP contribution in [0.3, 0.4) is 0 Å². The molecule has 0 atom stereocenters. The van der Waals surface area contributed by atoms with Gasteiger partial charge in [0.25, 0.3) is 0 Å². The first-order valence-corrected chi connectivity index (χ1v) is 7.99. The largest absolute Gasteiger partial charge is 0.438 e. The Labute approximate surface area is 134 Å². The fourth-order valence-corrected chi connectivity index (χ4v) is 2.77. The zero-order valence-electron chi connectivity index (χ0n) is 13.0. The van der Waals surface area contributed by atoms with Crippen molar-refractivity contribution in [1.82, 2.24) is 15.1 Å². The Morgan fingerprint density at radius 1 is 1.33 bits per heavy atom. The number of halogens is 1. The van der Waals surface area contributed by atoms with Gasteiger partial charge in [0.15, 0.2) is 0 Å². The second kappa shape index (κ2) is 7.09. The molecule has 0 spiro atoms. The van der Waals surface area contributed by atoms with Gasteiger partial charge in [0.05, 0.1) is 15.7 Å². The molecule has 0 aliphatic rings. The number of nitrogens with one attached hydrogen (secondary N) is 1. The normalized spacial score (nSPS) is 10.9. The molecule has 0 bridgehead atoms. The molecule has 0 saturated carbocycles. The minimum absolute atomic E-state index is 0.770. The van der Waals surface area contributed by atoms with Crippen molar-refractivity contribution in [2.45, 2.75) is 33.7 Å². The van der Waals surface area contributed by atoms with E-state index in [0.717, 1.165) is 46.9 Å². The topological polar surface area (TPSA) is 39.1 Å². The van der Waals surface area contributed by atoms with Crippen LogP contribution in [0.25, 0.3) is 0 Å². The number of hydrogen-bond acceptors (Lipinski definition) is 3. The van der Waals surface area contributed by atoms with Crippen LogP contribution in [0.5, 0.6) is 11.6 Å². The Bertz CT molecular complexity index is 622. The van der Waals surface area contributed by atoms with Crippen LogP contribution < -0.4 is 10.1 Å². The first-order valence-electron chi connectivity index (χ1n) is 7.20. The minimum atomic E-state index is 0.770. The zero-order chi connectivity index (χ0) is 15.4. The molecule has 0 radical (unpaired) electrons. The molecule has 114 valence electrons. The number of benzene rings is 1. The molecule has 2 rings (SSSR count). The third-order valence-electron chi connectivity index (χ3n) is 3.31. The number of aromatic nitrogens is 2. The molecule has 0 aliphatic heterocycles. The van der Waals surface area contributed by atoms with E-state index in [1.54, 1.807) is 4.68 Å². The summed E-state index contributed by atoms with van der Waals surface area (Å²) in [5.74, 6) is 1.60. The fraction of sp³-hybridized carbons (Fsp3) is 0.438. The summed E-state index contributed by atoms with van der Waals surface area (Å²) in [6.45, 7) is 7.99. The lowest BCUT2D eigenvalue weighted by molar-refractivity contribution is 0.421. The van der Waals surface area contributed by atoms with Gasteiger partial charge >= 0.3 is 0 Å². The molecule has 0 aliphatic carbocycles. The van der Waals surface area contributed by atoms with Gasteiger partial charge in [0, 0.05) is 13.6 Å².